The molecule has 5 heteroatoms. The first-order valence-corrected chi connectivity index (χ1v) is 5.61. The zero-order chi connectivity index (χ0) is 12.0. The van der Waals surface area contributed by atoms with Gasteiger partial charge in [0.15, 0.2) is 0 Å². The molecule has 1 saturated heterocycles. The highest BCUT2D eigenvalue weighted by atomic mass is 16.2. The van der Waals surface area contributed by atoms with Gasteiger partial charge in [0.05, 0.1) is 0 Å². The number of carbonyl (C=O) groups is 1. The quantitative estimate of drug-likeness (QED) is 0.610. The third kappa shape index (κ3) is 4.17. The Bertz CT molecular complexity index is 264. The van der Waals surface area contributed by atoms with Gasteiger partial charge in [0.2, 0.25) is 0 Å². The predicted octanol–water partition coefficient (Wildman–Crippen LogP) is -0.389. The molecule has 0 bridgehead atoms. The fourth-order valence-electron chi connectivity index (χ4n) is 1.73. The number of hydrogen-bond donors (Lipinski definition) is 0. The van der Waals surface area contributed by atoms with Crippen molar-refractivity contribution in [2.24, 2.45) is 0 Å². The normalized spacial score (nSPS) is 17.5. The third-order valence-corrected chi connectivity index (χ3v) is 2.80. The zero-order valence-corrected chi connectivity index (χ0v) is 10.1. The SMILES string of the molecule is [C-]#[N+]CC(=O)N1CCN(CCN(C)C)CC1. The molecule has 0 spiro atoms. The standard InChI is InChI=1S/C11H20N4O/c1-12-10-11(16)15-8-6-14(7-9-15)5-4-13(2)3/h4-10H2,2-3H3. The Morgan fingerprint density at radius 2 is 1.94 bits per heavy atom. The molecule has 1 amide bonds. The van der Waals surface area contributed by atoms with Crippen molar-refractivity contribution >= 4 is 5.91 Å². The summed E-state index contributed by atoms with van der Waals surface area (Å²) >= 11 is 0. The van der Waals surface area contributed by atoms with Crippen molar-refractivity contribution in [3.8, 4) is 0 Å². The third-order valence-electron chi connectivity index (χ3n) is 2.80. The second-order valence-corrected chi connectivity index (χ2v) is 4.34. The minimum atomic E-state index is -0.0257. The van der Waals surface area contributed by atoms with Gasteiger partial charge in [0.25, 0.3) is 6.54 Å². The second-order valence-electron chi connectivity index (χ2n) is 4.34. The Labute approximate surface area is 97.4 Å². The van der Waals surface area contributed by atoms with Crippen LogP contribution in [0.15, 0.2) is 0 Å². The summed E-state index contributed by atoms with van der Waals surface area (Å²) in [5.41, 5.74) is 0. The lowest BCUT2D eigenvalue weighted by Gasteiger charge is -2.34. The average molecular weight is 224 g/mol. The van der Waals surface area contributed by atoms with Crippen LogP contribution >= 0.6 is 0 Å². The van der Waals surface area contributed by atoms with E-state index in [0.717, 1.165) is 39.3 Å². The Morgan fingerprint density at radius 1 is 1.31 bits per heavy atom. The molecule has 5 nitrogen and oxygen atoms in total. The Hall–Kier alpha value is -1.12. The van der Waals surface area contributed by atoms with Crippen LogP contribution in [0.4, 0.5) is 0 Å². The van der Waals surface area contributed by atoms with E-state index >= 15 is 0 Å². The van der Waals surface area contributed by atoms with Gasteiger partial charge in [-0.25, -0.2) is 6.57 Å². The lowest BCUT2D eigenvalue weighted by atomic mass is 10.3. The smallest absolute Gasteiger partial charge is 0.302 e. The number of rotatable bonds is 4. The van der Waals surface area contributed by atoms with E-state index in [4.69, 9.17) is 6.57 Å². The molecule has 0 radical (unpaired) electrons. The van der Waals surface area contributed by atoms with Crippen molar-refractivity contribution in [2.45, 2.75) is 0 Å². The molecule has 1 heterocycles. The van der Waals surface area contributed by atoms with E-state index in [1.807, 2.05) is 0 Å². The van der Waals surface area contributed by atoms with Crippen LogP contribution in [-0.2, 0) is 4.79 Å². The summed E-state index contributed by atoms with van der Waals surface area (Å²) < 4.78 is 0. The van der Waals surface area contributed by atoms with Gasteiger partial charge in [-0.1, -0.05) is 0 Å². The molecule has 1 fully saturated rings. The van der Waals surface area contributed by atoms with Crippen molar-refractivity contribution in [3.63, 3.8) is 0 Å². The number of piperazine rings is 1. The van der Waals surface area contributed by atoms with Crippen LogP contribution in [-0.4, -0.2) is 80.5 Å². The summed E-state index contributed by atoms with van der Waals surface area (Å²) in [6.07, 6.45) is 0. The largest absolute Gasteiger partial charge is 0.334 e. The zero-order valence-electron chi connectivity index (χ0n) is 10.1. The van der Waals surface area contributed by atoms with E-state index in [1.54, 1.807) is 4.90 Å². The van der Waals surface area contributed by atoms with Crippen LogP contribution in [0.1, 0.15) is 0 Å². The molecule has 1 rings (SSSR count). The van der Waals surface area contributed by atoms with E-state index in [2.05, 4.69) is 28.7 Å². The molecular formula is C11H20N4O. The highest BCUT2D eigenvalue weighted by Gasteiger charge is 2.21. The number of hydrogen-bond acceptors (Lipinski definition) is 3. The van der Waals surface area contributed by atoms with E-state index in [0.29, 0.717) is 0 Å². The average Bonchev–Trinajstić information content (AvgIpc) is 2.27. The molecule has 1 aliphatic heterocycles. The Morgan fingerprint density at radius 3 is 2.44 bits per heavy atom. The second kappa shape index (κ2) is 6.46. The van der Waals surface area contributed by atoms with E-state index in [1.165, 1.54) is 0 Å². The molecule has 0 aliphatic carbocycles. The summed E-state index contributed by atoms with van der Waals surface area (Å²) in [7, 11) is 4.13. The van der Waals surface area contributed by atoms with Crippen molar-refractivity contribution in [1.82, 2.24) is 14.7 Å². The molecule has 0 saturated carbocycles. The Kier molecular flexibility index (Phi) is 5.23. The van der Waals surface area contributed by atoms with Crippen LogP contribution in [0, 0.1) is 6.57 Å². The summed E-state index contributed by atoms with van der Waals surface area (Å²) in [4.78, 5) is 20.9. The van der Waals surface area contributed by atoms with Crippen molar-refractivity contribution in [2.75, 3.05) is 59.9 Å². The minimum absolute atomic E-state index is 0.00228. The highest BCUT2D eigenvalue weighted by molar-refractivity contribution is 5.79. The van der Waals surface area contributed by atoms with Gasteiger partial charge in [-0.15, -0.1) is 0 Å². The molecular weight excluding hydrogens is 204 g/mol. The molecule has 1 aliphatic rings. The van der Waals surface area contributed by atoms with Gasteiger partial charge in [-0.05, 0) is 14.1 Å². The molecule has 0 N–H and O–H groups in total. The lowest BCUT2D eigenvalue weighted by molar-refractivity contribution is -0.130. The molecule has 0 aromatic carbocycles. The van der Waals surface area contributed by atoms with Gasteiger partial charge in [-0.3, -0.25) is 9.69 Å². The Balaban J connectivity index is 2.23. The highest BCUT2D eigenvalue weighted by Crippen LogP contribution is 2.02. The fourth-order valence-corrected chi connectivity index (χ4v) is 1.73. The first-order chi connectivity index (χ1) is 7.63. The maximum Gasteiger partial charge on any atom is 0.302 e. The first-order valence-electron chi connectivity index (χ1n) is 5.61. The van der Waals surface area contributed by atoms with Crippen molar-refractivity contribution < 1.29 is 4.79 Å². The first kappa shape index (κ1) is 12.9. The van der Waals surface area contributed by atoms with Gasteiger partial charge >= 0.3 is 5.91 Å². The van der Waals surface area contributed by atoms with E-state index in [9.17, 15) is 4.79 Å². The molecule has 0 unspecified atom stereocenters. The number of likely N-dealkylation sites (N-methyl/N-ethyl adjacent to an activating group) is 1. The topological polar surface area (TPSA) is 31.2 Å². The van der Waals surface area contributed by atoms with Crippen LogP contribution in [0.2, 0.25) is 0 Å². The van der Waals surface area contributed by atoms with Crippen LogP contribution in [0.25, 0.3) is 4.85 Å². The van der Waals surface area contributed by atoms with Crippen LogP contribution in [0.3, 0.4) is 0 Å². The predicted molar refractivity (Wildman–Crippen MR) is 63.0 cm³/mol. The molecule has 0 aromatic heterocycles. The number of nitrogens with zero attached hydrogens (tertiary/aromatic N) is 4. The van der Waals surface area contributed by atoms with Crippen LogP contribution < -0.4 is 0 Å². The van der Waals surface area contributed by atoms with Crippen molar-refractivity contribution in [1.29, 1.82) is 0 Å². The molecule has 0 atom stereocenters. The number of amides is 1. The van der Waals surface area contributed by atoms with Crippen LogP contribution in [0.5, 0.6) is 0 Å². The molecule has 0 aromatic rings. The van der Waals surface area contributed by atoms with Gasteiger partial charge in [-0.2, -0.15) is 0 Å². The molecule has 90 valence electrons. The maximum absolute atomic E-state index is 11.5. The minimum Gasteiger partial charge on any atom is -0.334 e. The van der Waals surface area contributed by atoms with Gasteiger partial charge in [0.1, 0.15) is 0 Å². The summed E-state index contributed by atoms with van der Waals surface area (Å²) in [5, 5.41) is 0. The fraction of sp³-hybridized carbons (Fsp3) is 0.818. The van der Waals surface area contributed by atoms with Crippen molar-refractivity contribution in [3.05, 3.63) is 11.4 Å². The summed E-state index contributed by atoms with van der Waals surface area (Å²) in [6, 6.07) is 0. The van der Waals surface area contributed by atoms with Gasteiger partial charge < -0.3 is 14.6 Å². The maximum atomic E-state index is 11.5. The summed E-state index contributed by atoms with van der Waals surface area (Å²) in [5.74, 6) is -0.0257. The summed E-state index contributed by atoms with van der Waals surface area (Å²) in [6.45, 7) is 12.2. The lowest BCUT2D eigenvalue weighted by Crippen LogP contribution is -2.50. The number of carbonyl (C=O) groups excluding carboxylic acids is 1. The molecule has 16 heavy (non-hydrogen) atoms. The van der Waals surface area contributed by atoms with Gasteiger partial charge in [0, 0.05) is 39.3 Å². The monoisotopic (exact) mass is 224 g/mol. The van der Waals surface area contributed by atoms with E-state index in [-0.39, 0.29) is 12.5 Å². The van der Waals surface area contributed by atoms with E-state index < -0.39 is 0 Å².